The summed E-state index contributed by atoms with van der Waals surface area (Å²) < 4.78 is 32.4. The normalized spacial score (nSPS) is 11.8. The van der Waals surface area contributed by atoms with E-state index in [9.17, 15) is 13.0 Å². The molecule has 0 aromatic heterocycles. The van der Waals surface area contributed by atoms with Crippen LogP contribution in [0.5, 0.6) is 0 Å². The fourth-order valence-corrected chi connectivity index (χ4v) is 5.34. The van der Waals surface area contributed by atoms with E-state index in [0.717, 1.165) is 5.56 Å². The summed E-state index contributed by atoms with van der Waals surface area (Å²) in [5.74, 6) is 0. The Labute approximate surface area is 238 Å². The first-order chi connectivity index (χ1) is 18.1. The maximum Gasteiger partial charge on any atom is 0.124 e. The fourth-order valence-electron chi connectivity index (χ4n) is 4.87. The molecule has 1 rings (SSSR count). The Hall–Kier alpha value is -0.910. The zero-order valence-corrected chi connectivity index (χ0v) is 26.8. The number of hydrogen-bond acceptors (Lipinski definition) is 3. The van der Waals surface area contributed by atoms with Gasteiger partial charge in [-0.05, 0) is 44.7 Å². The molecule has 224 valence electrons. The van der Waals surface area contributed by atoms with Gasteiger partial charge in [0.2, 0.25) is 0 Å². The molecule has 0 saturated carbocycles. The number of quaternary nitrogens is 1. The molecule has 5 heteroatoms. The van der Waals surface area contributed by atoms with Crippen LogP contribution in [0.15, 0.2) is 29.2 Å². The summed E-state index contributed by atoms with van der Waals surface area (Å²) in [5.41, 5.74) is 0.928. The van der Waals surface area contributed by atoms with Gasteiger partial charge in [0.25, 0.3) is 0 Å². The maximum atomic E-state index is 10.4. The standard InChI is InChI=1S/C26H56N.C7H8O3S/c1-5-7-9-11-13-15-17-19-21-23-25-27(3,4)26-24-22-20-18-16-14-12-10-8-6-2;1-6-2-4-7(5-3-6)11(8,9)10/h5-26H2,1-4H3;2-5H,1H3,(H,8,9,10)/q+1;/p-1. The third-order valence-corrected chi connectivity index (χ3v) is 8.39. The van der Waals surface area contributed by atoms with E-state index in [1.807, 2.05) is 6.92 Å². The Balaban J connectivity index is 0.00000103. The van der Waals surface area contributed by atoms with Gasteiger partial charge in [0.05, 0.1) is 32.1 Å². The molecule has 0 N–H and O–H groups in total. The summed E-state index contributed by atoms with van der Waals surface area (Å²) in [6, 6.07) is 5.78. The van der Waals surface area contributed by atoms with E-state index in [1.54, 1.807) is 12.1 Å². The molecule has 0 unspecified atom stereocenters. The van der Waals surface area contributed by atoms with Crippen molar-refractivity contribution in [2.45, 2.75) is 154 Å². The molecule has 38 heavy (non-hydrogen) atoms. The highest BCUT2D eigenvalue weighted by atomic mass is 32.2. The Morgan fingerprint density at radius 2 is 0.842 bits per heavy atom. The van der Waals surface area contributed by atoms with Crippen LogP contribution in [-0.4, -0.2) is 44.6 Å². The van der Waals surface area contributed by atoms with Crippen molar-refractivity contribution < 1.29 is 17.5 Å². The molecular formula is C33H63NO3S. The van der Waals surface area contributed by atoms with Crippen molar-refractivity contribution >= 4 is 10.1 Å². The number of nitrogens with zero attached hydrogens (tertiary/aromatic N) is 1. The molecule has 0 heterocycles. The van der Waals surface area contributed by atoms with Crippen LogP contribution < -0.4 is 0 Å². The second-order valence-corrected chi connectivity index (χ2v) is 13.4. The number of hydrogen-bond donors (Lipinski definition) is 0. The van der Waals surface area contributed by atoms with E-state index >= 15 is 0 Å². The molecule has 0 saturated heterocycles. The van der Waals surface area contributed by atoms with Crippen LogP contribution in [0.2, 0.25) is 0 Å². The molecule has 0 bridgehead atoms. The molecule has 1 aromatic rings. The van der Waals surface area contributed by atoms with E-state index in [1.165, 1.54) is 158 Å². The van der Waals surface area contributed by atoms with Gasteiger partial charge in [-0.2, -0.15) is 0 Å². The summed E-state index contributed by atoms with van der Waals surface area (Å²) >= 11 is 0. The van der Waals surface area contributed by atoms with Crippen LogP contribution >= 0.6 is 0 Å². The van der Waals surface area contributed by atoms with Gasteiger partial charge in [-0.3, -0.25) is 0 Å². The predicted octanol–water partition coefficient (Wildman–Crippen LogP) is 9.80. The smallest absolute Gasteiger partial charge is 0.124 e. The molecule has 0 aliphatic rings. The van der Waals surface area contributed by atoms with Crippen molar-refractivity contribution in [2.24, 2.45) is 0 Å². The molecule has 0 aliphatic heterocycles. The van der Waals surface area contributed by atoms with E-state index in [2.05, 4.69) is 27.9 Å². The second kappa shape index (κ2) is 23.9. The Morgan fingerprint density at radius 3 is 1.13 bits per heavy atom. The number of rotatable bonds is 23. The molecule has 1 aromatic carbocycles. The number of benzene rings is 1. The van der Waals surface area contributed by atoms with Gasteiger partial charge in [-0.1, -0.05) is 134 Å². The molecule has 0 amide bonds. The van der Waals surface area contributed by atoms with Crippen molar-refractivity contribution in [1.82, 2.24) is 0 Å². The van der Waals surface area contributed by atoms with Crippen LogP contribution in [0, 0.1) is 6.92 Å². The van der Waals surface area contributed by atoms with Gasteiger partial charge in [-0.15, -0.1) is 0 Å². The van der Waals surface area contributed by atoms with Gasteiger partial charge in [0.1, 0.15) is 10.1 Å². The lowest BCUT2D eigenvalue weighted by molar-refractivity contribution is -0.890. The van der Waals surface area contributed by atoms with Crippen molar-refractivity contribution in [3.63, 3.8) is 0 Å². The van der Waals surface area contributed by atoms with Crippen LogP contribution in [0.1, 0.15) is 148 Å². The van der Waals surface area contributed by atoms with Crippen LogP contribution in [0.4, 0.5) is 0 Å². The number of unbranched alkanes of at least 4 members (excludes halogenated alkanes) is 18. The Morgan fingerprint density at radius 1 is 0.553 bits per heavy atom. The van der Waals surface area contributed by atoms with E-state index in [-0.39, 0.29) is 4.90 Å². The van der Waals surface area contributed by atoms with E-state index in [0.29, 0.717) is 0 Å². The van der Waals surface area contributed by atoms with Crippen LogP contribution in [-0.2, 0) is 10.1 Å². The molecule has 0 aliphatic carbocycles. The first-order valence-electron chi connectivity index (χ1n) is 16.0. The summed E-state index contributed by atoms with van der Waals surface area (Å²) in [4.78, 5) is -0.178. The first kappa shape index (κ1) is 37.1. The SMILES string of the molecule is CCCCCCCCCCCC[N+](C)(C)CCCCCCCCCCCC.Cc1ccc(S(=O)(=O)[O-])cc1. The topological polar surface area (TPSA) is 57.2 Å². The van der Waals surface area contributed by atoms with Gasteiger partial charge in [-0.25, -0.2) is 8.42 Å². The average molecular weight is 554 g/mol. The second-order valence-electron chi connectivity index (χ2n) is 12.0. The van der Waals surface area contributed by atoms with Crippen molar-refractivity contribution in [2.75, 3.05) is 27.2 Å². The molecular weight excluding hydrogens is 490 g/mol. The summed E-state index contributed by atoms with van der Waals surface area (Å²) in [6.07, 6.45) is 29.0. The minimum absolute atomic E-state index is 0.178. The zero-order valence-electron chi connectivity index (χ0n) is 25.9. The highest BCUT2D eigenvalue weighted by molar-refractivity contribution is 7.85. The molecule has 0 fully saturated rings. The average Bonchev–Trinajstić information content (AvgIpc) is 2.86. The van der Waals surface area contributed by atoms with Gasteiger partial charge >= 0.3 is 0 Å². The summed E-state index contributed by atoms with van der Waals surface area (Å²) in [7, 11) is 0.622. The van der Waals surface area contributed by atoms with Gasteiger partial charge in [0, 0.05) is 0 Å². The van der Waals surface area contributed by atoms with Crippen LogP contribution in [0.25, 0.3) is 0 Å². The Bertz CT molecular complexity index is 718. The van der Waals surface area contributed by atoms with Crippen molar-refractivity contribution in [3.8, 4) is 0 Å². The molecule has 4 nitrogen and oxygen atoms in total. The minimum Gasteiger partial charge on any atom is -0.744 e. The van der Waals surface area contributed by atoms with E-state index in [4.69, 9.17) is 0 Å². The molecule has 0 atom stereocenters. The maximum absolute atomic E-state index is 10.4. The fraction of sp³-hybridized carbons (Fsp3) is 0.818. The van der Waals surface area contributed by atoms with Crippen molar-refractivity contribution in [3.05, 3.63) is 29.8 Å². The van der Waals surface area contributed by atoms with Gasteiger partial charge < -0.3 is 9.04 Å². The largest absolute Gasteiger partial charge is 0.744 e. The third-order valence-electron chi connectivity index (χ3n) is 7.54. The lowest BCUT2D eigenvalue weighted by Crippen LogP contribution is -2.41. The van der Waals surface area contributed by atoms with Crippen molar-refractivity contribution in [1.29, 1.82) is 0 Å². The Kier molecular flexibility index (Phi) is 23.4. The van der Waals surface area contributed by atoms with Gasteiger partial charge in [0.15, 0.2) is 0 Å². The minimum atomic E-state index is -4.27. The monoisotopic (exact) mass is 553 g/mol. The highest BCUT2D eigenvalue weighted by Gasteiger charge is 2.13. The predicted molar refractivity (Wildman–Crippen MR) is 165 cm³/mol. The quantitative estimate of drug-likeness (QED) is 0.0769. The summed E-state index contributed by atoms with van der Waals surface area (Å²) in [6.45, 7) is 9.19. The lowest BCUT2D eigenvalue weighted by atomic mass is 10.1. The summed E-state index contributed by atoms with van der Waals surface area (Å²) in [5, 5.41) is 0. The lowest BCUT2D eigenvalue weighted by Gasteiger charge is -2.30. The highest BCUT2D eigenvalue weighted by Crippen LogP contribution is 2.14. The molecule has 0 radical (unpaired) electrons. The first-order valence-corrected chi connectivity index (χ1v) is 17.4. The number of aryl methyl sites for hydroxylation is 1. The zero-order chi connectivity index (χ0) is 28.5. The van der Waals surface area contributed by atoms with Crippen LogP contribution in [0.3, 0.4) is 0 Å². The molecule has 0 spiro atoms. The van der Waals surface area contributed by atoms with E-state index < -0.39 is 10.1 Å². The third kappa shape index (κ3) is 24.2.